The second-order valence-electron chi connectivity index (χ2n) is 11.5. The van der Waals surface area contributed by atoms with E-state index in [9.17, 15) is 28.7 Å². The molecule has 1 unspecified atom stereocenters. The summed E-state index contributed by atoms with van der Waals surface area (Å²) in [6.45, 7) is 5.76. The van der Waals surface area contributed by atoms with E-state index in [1.165, 1.54) is 11.0 Å². The zero-order valence-electron chi connectivity index (χ0n) is 21.6. The van der Waals surface area contributed by atoms with E-state index in [-0.39, 0.29) is 47.3 Å². The molecule has 2 aromatic carbocycles. The number of H-pyrrole nitrogens is 1. The van der Waals surface area contributed by atoms with Crippen LogP contribution in [0.1, 0.15) is 51.1 Å². The van der Waals surface area contributed by atoms with Gasteiger partial charge >= 0.3 is 0 Å². The number of nitrogens with zero attached hydrogens (tertiary/aromatic N) is 2. The minimum Gasteiger partial charge on any atom is -0.373 e. The van der Waals surface area contributed by atoms with Gasteiger partial charge < -0.3 is 20.3 Å². The van der Waals surface area contributed by atoms with Crippen molar-refractivity contribution in [1.82, 2.24) is 15.2 Å². The number of likely N-dealkylation sites (tertiary alicyclic amines) is 1. The number of hydrogen-bond acceptors (Lipinski definition) is 5. The number of aromatic nitrogens is 1. The lowest BCUT2D eigenvalue weighted by molar-refractivity contribution is -0.135. The Bertz CT molecular complexity index is 1530. The van der Waals surface area contributed by atoms with Crippen molar-refractivity contribution in [2.75, 3.05) is 11.9 Å². The number of aliphatic hydroxyl groups is 1. The molecule has 4 N–H and O–H groups in total. The number of halogens is 3. The van der Waals surface area contributed by atoms with Crippen LogP contribution in [0.3, 0.4) is 0 Å². The molecule has 4 atom stereocenters. The first kappa shape index (κ1) is 27.1. The molecule has 2 amide bonds. The van der Waals surface area contributed by atoms with E-state index in [1.54, 1.807) is 18.2 Å². The van der Waals surface area contributed by atoms with Gasteiger partial charge in [0.1, 0.15) is 23.9 Å². The molecule has 3 aromatic rings. The summed E-state index contributed by atoms with van der Waals surface area (Å²) in [4.78, 5) is 31.3. The van der Waals surface area contributed by atoms with Crippen molar-refractivity contribution in [1.29, 1.82) is 5.26 Å². The van der Waals surface area contributed by atoms with Crippen molar-refractivity contribution in [2.45, 2.75) is 57.3 Å². The monoisotopic (exact) mass is 555 g/mol. The number of aliphatic hydroxyl groups excluding tert-OH is 1. The summed E-state index contributed by atoms with van der Waals surface area (Å²) >= 11 is 6.22. The van der Waals surface area contributed by atoms with Crippen molar-refractivity contribution in [3.63, 3.8) is 0 Å². The summed E-state index contributed by atoms with van der Waals surface area (Å²) in [5.74, 6) is -2.30. The van der Waals surface area contributed by atoms with E-state index in [0.29, 0.717) is 16.3 Å². The molecular weight excluding hydrogens is 528 g/mol. The highest BCUT2D eigenvalue weighted by atomic mass is 35.5. The normalized spacial score (nSPS) is 22.2. The summed E-state index contributed by atoms with van der Waals surface area (Å²) < 4.78 is 27.9. The number of nitriles is 1. The zero-order valence-corrected chi connectivity index (χ0v) is 22.4. The number of rotatable bonds is 5. The van der Waals surface area contributed by atoms with E-state index >= 15 is 0 Å². The Morgan fingerprint density at radius 1 is 1.31 bits per heavy atom. The largest absolute Gasteiger partial charge is 0.373 e. The van der Waals surface area contributed by atoms with Gasteiger partial charge in [-0.2, -0.15) is 5.26 Å². The fraction of sp³-hybridized carbons (Fsp3) is 0.393. The van der Waals surface area contributed by atoms with Gasteiger partial charge in [-0.3, -0.25) is 14.9 Å². The van der Waals surface area contributed by atoms with Gasteiger partial charge in [0.15, 0.2) is 0 Å². The number of carbonyl (C=O) groups is 2. The van der Waals surface area contributed by atoms with Gasteiger partial charge in [-0.15, -0.1) is 0 Å². The summed E-state index contributed by atoms with van der Waals surface area (Å²) in [6.07, 6.45) is -1.04. The average molecular weight is 556 g/mol. The smallest absolute Gasteiger partial charge is 0.240 e. The summed E-state index contributed by atoms with van der Waals surface area (Å²) in [6, 6.07) is 8.58. The number of amides is 2. The summed E-state index contributed by atoms with van der Waals surface area (Å²) in [5, 5.41) is 27.3. The molecule has 0 radical (unpaired) electrons. The number of fused-ring (bicyclic) bond motifs is 3. The van der Waals surface area contributed by atoms with Gasteiger partial charge in [0.25, 0.3) is 0 Å². The van der Waals surface area contributed by atoms with E-state index in [4.69, 9.17) is 11.6 Å². The van der Waals surface area contributed by atoms with E-state index in [0.717, 1.165) is 12.1 Å². The van der Waals surface area contributed by atoms with Crippen molar-refractivity contribution < 1.29 is 23.5 Å². The minimum absolute atomic E-state index is 0.0292. The third-order valence-corrected chi connectivity index (χ3v) is 7.65. The Morgan fingerprint density at radius 2 is 2.05 bits per heavy atom. The minimum atomic E-state index is -1.43. The van der Waals surface area contributed by atoms with E-state index in [1.807, 2.05) is 20.8 Å². The predicted molar refractivity (Wildman–Crippen MR) is 142 cm³/mol. The maximum absolute atomic E-state index is 14.2. The van der Waals surface area contributed by atoms with Gasteiger partial charge in [-0.1, -0.05) is 32.4 Å². The lowest BCUT2D eigenvalue weighted by Crippen LogP contribution is -2.51. The molecule has 8 nitrogen and oxygen atoms in total. The Morgan fingerprint density at radius 3 is 2.74 bits per heavy atom. The average Bonchev–Trinajstić information content (AvgIpc) is 3.52. The number of carbonyl (C=O) groups excluding carboxylic acids is 2. The van der Waals surface area contributed by atoms with Crippen molar-refractivity contribution in [3.05, 3.63) is 64.3 Å². The molecule has 2 aliphatic rings. The fourth-order valence-electron chi connectivity index (χ4n) is 5.64. The van der Waals surface area contributed by atoms with Crippen LogP contribution >= 0.6 is 11.6 Å². The molecule has 39 heavy (non-hydrogen) atoms. The van der Waals surface area contributed by atoms with Crippen LogP contribution in [0, 0.1) is 28.4 Å². The van der Waals surface area contributed by atoms with E-state index in [2.05, 4.69) is 21.7 Å². The molecule has 2 aliphatic heterocycles. The highest BCUT2D eigenvalue weighted by Gasteiger charge is 2.56. The van der Waals surface area contributed by atoms with E-state index < -0.39 is 41.3 Å². The maximum Gasteiger partial charge on any atom is 0.240 e. The standard InChI is InChI=1S/C28H28ClF2N5O3/c1-27(2,3)11-23(34-24(37)22-9-17-19(31)7-15(30)8-21(17)33-22)25(38)36-13-28(10-16(36)12-32)18-6-14(29)4-5-20(18)35-26(28)39/h4-9,16,23-24,33-34,37H,10-11,13H2,1-3H3,(H,35,39)/t16-,23-,24?,28-/m0/s1. The van der Waals surface area contributed by atoms with Gasteiger partial charge in [-0.25, -0.2) is 8.78 Å². The number of nitrogens with one attached hydrogen (secondary N) is 3. The topological polar surface area (TPSA) is 121 Å². The summed E-state index contributed by atoms with van der Waals surface area (Å²) in [7, 11) is 0. The number of hydrogen-bond donors (Lipinski definition) is 4. The second-order valence-corrected chi connectivity index (χ2v) is 11.9. The van der Waals surface area contributed by atoms with Gasteiger partial charge in [0, 0.05) is 35.1 Å². The molecule has 3 heterocycles. The molecule has 0 bridgehead atoms. The summed E-state index contributed by atoms with van der Waals surface area (Å²) in [5.41, 5.74) is 0.0563. The van der Waals surface area contributed by atoms with Crippen LogP contribution < -0.4 is 10.6 Å². The molecule has 0 saturated carbocycles. The van der Waals surface area contributed by atoms with Crippen LogP contribution in [0.15, 0.2) is 36.4 Å². The maximum atomic E-state index is 14.2. The van der Waals surface area contributed by atoms with Crippen LogP contribution in [0.4, 0.5) is 14.5 Å². The molecule has 204 valence electrons. The number of aromatic amines is 1. The first-order valence-electron chi connectivity index (χ1n) is 12.5. The van der Waals surface area contributed by atoms with Crippen molar-refractivity contribution >= 4 is 40.0 Å². The Kier molecular flexibility index (Phi) is 6.66. The second kappa shape index (κ2) is 9.59. The SMILES string of the molecule is CC(C)(C)C[C@H](NC(O)c1cc2c(F)cc(F)cc2[nH]1)C(=O)N1C[C@]2(C[C@H]1C#N)C(=O)Nc1ccc(Cl)cc12. The Balaban J connectivity index is 1.45. The molecule has 1 spiro atoms. The quantitative estimate of drug-likeness (QED) is 0.345. The fourth-order valence-corrected chi connectivity index (χ4v) is 5.81. The molecular formula is C28H28ClF2N5O3. The molecule has 11 heteroatoms. The molecule has 5 rings (SSSR count). The lowest BCUT2D eigenvalue weighted by Gasteiger charge is -2.32. The number of benzene rings is 2. The van der Waals surface area contributed by atoms with Gasteiger partial charge in [-0.05, 0) is 47.7 Å². The highest BCUT2D eigenvalue weighted by molar-refractivity contribution is 6.31. The van der Waals surface area contributed by atoms with Gasteiger partial charge in [0.05, 0.1) is 28.7 Å². The Labute approximate surface area is 228 Å². The molecule has 1 saturated heterocycles. The third kappa shape index (κ3) is 4.86. The first-order valence-corrected chi connectivity index (χ1v) is 12.9. The lowest BCUT2D eigenvalue weighted by atomic mass is 9.80. The number of anilines is 1. The van der Waals surface area contributed by atoms with Gasteiger partial charge in [0.2, 0.25) is 11.8 Å². The molecule has 1 aromatic heterocycles. The van der Waals surface area contributed by atoms with Crippen LogP contribution in [0.25, 0.3) is 10.9 Å². The first-order chi connectivity index (χ1) is 18.3. The molecule has 1 fully saturated rings. The highest BCUT2D eigenvalue weighted by Crippen LogP contribution is 2.47. The predicted octanol–water partition coefficient (Wildman–Crippen LogP) is 4.50. The van der Waals surface area contributed by atoms with Crippen molar-refractivity contribution in [2.24, 2.45) is 5.41 Å². The third-order valence-electron chi connectivity index (χ3n) is 7.41. The van der Waals surface area contributed by atoms with Crippen LogP contribution in [0.2, 0.25) is 5.02 Å². The van der Waals surface area contributed by atoms with Crippen molar-refractivity contribution in [3.8, 4) is 6.07 Å². The van der Waals surface area contributed by atoms with Crippen LogP contribution in [-0.2, 0) is 15.0 Å². The zero-order chi connectivity index (χ0) is 28.3. The van der Waals surface area contributed by atoms with Crippen LogP contribution in [0.5, 0.6) is 0 Å². The Hall–Kier alpha value is -3.52. The molecule has 0 aliphatic carbocycles. The van der Waals surface area contributed by atoms with Crippen LogP contribution in [-0.4, -0.2) is 45.4 Å².